The lowest BCUT2D eigenvalue weighted by Crippen LogP contribution is -2.33. The summed E-state index contributed by atoms with van der Waals surface area (Å²) in [6, 6.07) is 1.75. The predicted molar refractivity (Wildman–Crippen MR) is 76.4 cm³/mol. The van der Waals surface area contributed by atoms with Crippen LogP contribution in [-0.4, -0.2) is 48.5 Å². The zero-order chi connectivity index (χ0) is 13.5. The monoisotopic (exact) mass is 262 g/mol. The van der Waals surface area contributed by atoms with Crippen LogP contribution in [0.5, 0.6) is 0 Å². The highest BCUT2D eigenvalue weighted by Crippen LogP contribution is 2.12. The number of aromatic nitrogens is 1. The highest BCUT2D eigenvalue weighted by molar-refractivity contribution is 5.99. The minimum atomic E-state index is -0.0300. The number of rotatable bonds is 6. The smallest absolute Gasteiger partial charge is 0.253 e. The van der Waals surface area contributed by atoms with Crippen molar-refractivity contribution in [3.05, 3.63) is 24.0 Å². The lowest BCUT2D eigenvalue weighted by molar-refractivity contribution is 0.0950. The second-order valence-corrected chi connectivity index (χ2v) is 4.76. The van der Waals surface area contributed by atoms with E-state index in [9.17, 15) is 4.79 Å². The standard InChI is InChI=1S/C14H22N4O/c1-2-16-13-11-15-6-5-12(13)14(19)17-7-10-18-8-3-4-9-18/h5-6,11,16H,2-4,7-10H2,1H3,(H,17,19). The minimum absolute atomic E-state index is 0.0300. The third kappa shape index (κ3) is 3.92. The minimum Gasteiger partial charge on any atom is -0.383 e. The molecule has 19 heavy (non-hydrogen) atoms. The van der Waals surface area contributed by atoms with Crippen molar-refractivity contribution in [3.63, 3.8) is 0 Å². The maximum atomic E-state index is 12.1. The topological polar surface area (TPSA) is 57.3 Å². The van der Waals surface area contributed by atoms with E-state index in [2.05, 4.69) is 20.5 Å². The molecule has 104 valence electrons. The van der Waals surface area contributed by atoms with E-state index in [1.54, 1.807) is 18.5 Å². The van der Waals surface area contributed by atoms with E-state index >= 15 is 0 Å². The predicted octanol–water partition coefficient (Wildman–Crippen LogP) is 1.34. The van der Waals surface area contributed by atoms with Gasteiger partial charge in [-0.1, -0.05) is 0 Å². The lowest BCUT2D eigenvalue weighted by Gasteiger charge is -2.15. The van der Waals surface area contributed by atoms with Crippen molar-refractivity contribution in [3.8, 4) is 0 Å². The Balaban J connectivity index is 1.84. The second kappa shape index (κ2) is 7.09. The summed E-state index contributed by atoms with van der Waals surface area (Å²) < 4.78 is 0. The number of amides is 1. The first kappa shape index (κ1) is 13.8. The first-order chi connectivity index (χ1) is 9.31. The van der Waals surface area contributed by atoms with E-state index in [0.717, 1.165) is 31.9 Å². The van der Waals surface area contributed by atoms with Crippen LogP contribution in [0.2, 0.25) is 0 Å². The Bertz CT molecular complexity index is 416. The zero-order valence-electron chi connectivity index (χ0n) is 11.5. The van der Waals surface area contributed by atoms with Gasteiger partial charge in [-0.15, -0.1) is 0 Å². The Kier molecular flexibility index (Phi) is 5.15. The Hall–Kier alpha value is -1.62. The van der Waals surface area contributed by atoms with Crippen LogP contribution >= 0.6 is 0 Å². The van der Waals surface area contributed by atoms with Crippen LogP contribution < -0.4 is 10.6 Å². The molecule has 1 aromatic heterocycles. The zero-order valence-corrected chi connectivity index (χ0v) is 11.5. The molecule has 0 unspecified atom stereocenters. The van der Waals surface area contributed by atoms with Gasteiger partial charge in [0.15, 0.2) is 0 Å². The molecule has 0 spiro atoms. The van der Waals surface area contributed by atoms with Gasteiger partial charge in [0.2, 0.25) is 0 Å². The lowest BCUT2D eigenvalue weighted by atomic mass is 10.2. The fraction of sp³-hybridized carbons (Fsp3) is 0.571. The maximum absolute atomic E-state index is 12.1. The molecule has 0 bridgehead atoms. The summed E-state index contributed by atoms with van der Waals surface area (Å²) in [7, 11) is 0. The Morgan fingerprint density at radius 3 is 2.95 bits per heavy atom. The summed E-state index contributed by atoms with van der Waals surface area (Å²) in [5.74, 6) is -0.0300. The summed E-state index contributed by atoms with van der Waals surface area (Å²) in [5, 5.41) is 6.13. The molecular weight excluding hydrogens is 240 g/mol. The third-order valence-corrected chi connectivity index (χ3v) is 3.35. The van der Waals surface area contributed by atoms with Gasteiger partial charge in [0.1, 0.15) is 0 Å². The third-order valence-electron chi connectivity index (χ3n) is 3.35. The van der Waals surface area contributed by atoms with E-state index in [0.29, 0.717) is 12.1 Å². The van der Waals surface area contributed by atoms with Crippen molar-refractivity contribution in [2.45, 2.75) is 19.8 Å². The van der Waals surface area contributed by atoms with Gasteiger partial charge in [0, 0.05) is 25.8 Å². The van der Waals surface area contributed by atoms with Crippen molar-refractivity contribution >= 4 is 11.6 Å². The van der Waals surface area contributed by atoms with Crippen molar-refractivity contribution in [1.29, 1.82) is 0 Å². The molecule has 5 nitrogen and oxygen atoms in total. The molecule has 0 aliphatic carbocycles. The van der Waals surface area contributed by atoms with Gasteiger partial charge in [-0.25, -0.2) is 0 Å². The number of nitrogens with one attached hydrogen (secondary N) is 2. The molecule has 2 rings (SSSR count). The Morgan fingerprint density at radius 2 is 2.21 bits per heavy atom. The van der Waals surface area contributed by atoms with Gasteiger partial charge in [-0.3, -0.25) is 9.78 Å². The highest BCUT2D eigenvalue weighted by Gasteiger charge is 2.13. The average molecular weight is 262 g/mol. The van der Waals surface area contributed by atoms with E-state index in [4.69, 9.17) is 0 Å². The SMILES string of the molecule is CCNc1cnccc1C(=O)NCCN1CCCC1. The number of anilines is 1. The second-order valence-electron chi connectivity index (χ2n) is 4.76. The van der Waals surface area contributed by atoms with Crippen molar-refractivity contribution in [1.82, 2.24) is 15.2 Å². The molecule has 0 aromatic carbocycles. The Morgan fingerprint density at radius 1 is 1.42 bits per heavy atom. The number of pyridine rings is 1. The highest BCUT2D eigenvalue weighted by atomic mass is 16.1. The molecule has 2 heterocycles. The number of hydrogen-bond acceptors (Lipinski definition) is 4. The molecule has 1 aliphatic rings. The van der Waals surface area contributed by atoms with Gasteiger partial charge in [-0.2, -0.15) is 0 Å². The number of hydrogen-bond donors (Lipinski definition) is 2. The summed E-state index contributed by atoms with van der Waals surface area (Å²) in [6.45, 7) is 6.74. The molecule has 1 saturated heterocycles. The van der Waals surface area contributed by atoms with Gasteiger partial charge in [0.05, 0.1) is 17.4 Å². The van der Waals surface area contributed by atoms with Crippen LogP contribution in [-0.2, 0) is 0 Å². The molecule has 1 aliphatic heterocycles. The fourth-order valence-electron chi connectivity index (χ4n) is 2.35. The molecule has 1 fully saturated rings. The van der Waals surface area contributed by atoms with Gasteiger partial charge in [-0.05, 0) is 38.9 Å². The number of carbonyl (C=O) groups excluding carboxylic acids is 1. The summed E-state index contributed by atoms with van der Waals surface area (Å²) in [6.07, 6.45) is 5.90. The van der Waals surface area contributed by atoms with Crippen molar-refractivity contribution < 1.29 is 4.79 Å². The summed E-state index contributed by atoms with van der Waals surface area (Å²) in [4.78, 5) is 18.5. The van der Waals surface area contributed by atoms with Gasteiger partial charge < -0.3 is 15.5 Å². The quantitative estimate of drug-likeness (QED) is 0.812. The van der Waals surface area contributed by atoms with Crippen LogP contribution in [0.1, 0.15) is 30.1 Å². The van der Waals surface area contributed by atoms with E-state index < -0.39 is 0 Å². The van der Waals surface area contributed by atoms with Crippen molar-refractivity contribution in [2.75, 3.05) is 38.0 Å². The van der Waals surface area contributed by atoms with E-state index in [-0.39, 0.29) is 5.91 Å². The molecule has 2 N–H and O–H groups in total. The van der Waals surface area contributed by atoms with E-state index in [1.807, 2.05) is 6.92 Å². The molecule has 1 amide bonds. The van der Waals surface area contributed by atoms with Gasteiger partial charge >= 0.3 is 0 Å². The summed E-state index contributed by atoms with van der Waals surface area (Å²) in [5.41, 5.74) is 1.46. The number of likely N-dealkylation sites (tertiary alicyclic amines) is 1. The van der Waals surface area contributed by atoms with E-state index in [1.165, 1.54) is 12.8 Å². The summed E-state index contributed by atoms with van der Waals surface area (Å²) >= 11 is 0. The molecular formula is C14H22N4O. The molecule has 5 heteroatoms. The first-order valence-corrected chi connectivity index (χ1v) is 6.99. The normalized spacial score (nSPS) is 15.4. The average Bonchev–Trinajstić information content (AvgIpc) is 2.93. The molecule has 0 atom stereocenters. The molecule has 1 aromatic rings. The van der Waals surface area contributed by atoms with Crippen LogP contribution in [0, 0.1) is 0 Å². The van der Waals surface area contributed by atoms with Crippen LogP contribution in [0.4, 0.5) is 5.69 Å². The number of carbonyl (C=O) groups is 1. The molecule has 0 radical (unpaired) electrons. The Labute approximate surface area is 114 Å². The van der Waals surface area contributed by atoms with Crippen LogP contribution in [0.3, 0.4) is 0 Å². The molecule has 0 saturated carbocycles. The maximum Gasteiger partial charge on any atom is 0.253 e. The van der Waals surface area contributed by atoms with Crippen LogP contribution in [0.15, 0.2) is 18.5 Å². The fourth-order valence-corrected chi connectivity index (χ4v) is 2.35. The number of nitrogens with zero attached hydrogens (tertiary/aromatic N) is 2. The van der Waals surface area contributed by atoms with Crippen LogP contribution in [0.25, 0.3) is 0 Å². The largest absolute Gasteiger partial charge is 0.383 e. The van der Waals surface area contributed by atoms with Gasteiger partial charge in [0.25, 0.3) is 5.91 Å². The first-order valence-electron chi connectivity index (χ1n) is 6.99. The van der Waals surface area contributed by atoms with Crippen molar-refractivity contribution in [2.24, 2.45) is 0 Å².